The predicted molar refractivity (Wildman–Crippen MR) is 127 cm³/mol. The number of nitrogens with one attached hydrogen (secondary N) is 2. The second-order valence-electron chi connectivity index (χ2n) is 7.89. The molecule has 0 saturated carbocycles. The van der Waals surface area contributed by atoms with Crippen LogP contribution in [0.5, 0.6) is 0 Å². The van der Waals surface area contributed by atoms with Crippen molar-refractivity contribution < 1.29 is 9.53 Å². The third kappa shape index (κ3) is 5.01. The van der Waals surface area contributed by atoms with E-state index in [0.29, 0.717) is 18.9 Å². The summed E-state index contributed by atoms with van der Waals surface area (Å²) in [5.74, 6) is 1.94. The molecule has 1 aromatic rings. The number of likely N-dealkylation sites (tertiary alicyclic amines) is 1. The molecule has 2 N–H and O–H groups in total. The molecule has 2 aliphatic heterocycles. The molecule has 0 spiro atoms. The first-order chi connectivity index (χ1) is 15.1. The lowest BCUT2D eigenvalue weighted by Crippen LogP contribution is -2.45. The van der Waals surface area contributed by atoms with Crippen LogP contribution in [-0.4, -0.2) is 55.3 Å². The Morgan fingerprint density at radius 2 is 2.13 bits per heavy atom. The van der Waals surface area contributed by atoms with E-state index in [1.165, 1.54) is 0 Å². The summed E-state index contributed by atoms with van der Waals surface area (Å²) < 4.78 is 6.72. The van der Waals surface area contributed by atoms with Crippen molar-refractivity contribution in [2.45, 2.75) is 44.7 Å². The third-order valence-corrected chi connectivity index (χ3v) is 6.38. The first kappa shape index (κ1) is 21.6. The average Bonchev–Trinajstić information content (AvgIpc) is 2.79. The van der Waals surface area contributed by atoms with Gasteiger partial charge in [0.2, 0.25) is 5.91 Å². The van der Waals surface area contributed by atoms with Crippen LogP contribution < -0.4 is 10.6 Å². The van der Waals surface area contributed by atoms with E-state index in [9.17, 15) is 4.79 Å². The van der Waals surface area contributed by atoms with Crippen molar-refractivity contribution in [1.29, 1.82) is 0 Å². The fourth-order valence-electron chi connectivity index (χ4n) is 4.17. The van der Waals surface area contributed by atoms with Crippen molar-refractivity contribution in [3.8, 4) is 0 Å². The van der Waals surface area contributed by atoms with E-state index < -0.39 is 0 Å². The fraction of sp³-hybridized carbons (Fsp3) is 0.435. The Bertz CT molecular complexity index is 960. The number of halogens is 1. The van der Waals surface area contributed by atoms with Gasteiger partial charge in [0.25, 0.3) is 0 Å². The molecule has 31 heavy (non-hydrogen) atoms. The van der Waals surface area contributed by atoms with Gasteiger partial charge < -0.3 is 20.3 Å². The molecule has 0 radical (unpaired) electrons. The van der Waals surface area contributed by atoms with Gasteiger partial charge in [-0.05, 0) is 37.1 Å². The topological polar surface area (TPSA) is 78.3 Å². The van der Waals surface area contributed by atoms with E-state index in [-0.39, 0.29) is 11.9 Å². The minimum absolute atomic E-state index is 0.0170. The normalized spacial score (nSPS) is 21.3. The van der Waals surface area contributed by atoms with Gasteiger partial charge in [0, 0.05) is 47.7 Å². The molecule has 8 heteroatoms. The zero-order valence-electron chi connectivity index (χ0n) is 17.9. The SMILES string of the molecule is CCC(=O)N1CCC(NC2=C(OC)CC3N=CN=C(Nc4cccc(Br)c4)C3=C2)CC1. The molecule has 1 saturated heterocycles. The zero-order chi connectivity index (χ0) is 21.8. The Labute approximate surface area is 191 Å². The molecule has 2 heterocycles. The van der Waals surface area contributed by atoms with Gasteiger partial charge >= 0.3 is 0 Å². The van der Waals surface area contributed by atoms with Crippen LogP contribution in [0.3, 0.4) is 0 Å². The van der Waals surface area contributed by atoms with Crippen LogP contribution >= 0.6 is 15.9 Å². The monoisotopic (exact) mass is 485 g/mol. The first-order valence-corrected chi connectivity index (χ1v) is 11.5. The Hall–Kier alpha value is -2.61. The number of hydrogen-bond acceptors (Lipinski definition) is 6. The Balaban J connectivity index is 1.50. The Morgan fingerprint density at radius 1 is 1.32 bits per heavy atom. The van der Waals surface area contributed by atoms with Crippen LogP contribution in [0.1, 0.15) is 32.6 Å². The second-order valence-corrected chi connectivity index (χ2v) is 8.81. The number of allylic oxidation sites excluding steroid dienone is 1. The smallest absolute Gasteiger partial charge is 0.222 e. The van der Waals surface area contributed by atoms with Crippen LogP contribution in [0.4, 0.5) is 5.69 Å². The summed E-state index contributed by atoms with van der Waals surface area (Å²) >= 11 is 3.52. The molecule has 1 unspecified atom stereocenters. The summed E-state index contributed by atoms with van der Waals surface area (Å²) in [7, 11) is 1.71. The van der Waals surface area contributed by atoms with Crippen LogP contribution in [0.25, 0.3) is 0 Å². The molecule has 0 aromatic heterocycles. The number of amidine groups is 1. The lowest BCUT2D eigenvalue weighted by Gasteiger charge is -2.35. The van der Waals surface area contributed by atoms with Crippen molar-refractivity contribution in [3.63, 3.8) is 0 Å². The van der Waals surface area contributed by atoms with Gasteiger partial charge in [-0.25, -0.2) is 4.99 Å². The maximum absolute atomic E-state index is 12.0. The summed E-state index contributed by atoms with van der Waals surface area (Å²) in [6, 6.07) is 8.30. The van der Waals surface area contributed by atoms with E-state index in [4.69, 9.17) is 4.74 Å². The molecule has 1 fully saturated rings. The van der Waals surface area contributed by atoms with Gasteiger partial charge in [-0.2, -0.15) is 0 Å². The van der Waals surface area contributed by atoms with Gasteiger partial charge in [-0.1, -0.05) is 28.9 Å². The molecule has 7 nitrogen and oxygen atoms in total. The number of anilines is 1. The molecule has 3 aliphatic rings. The minimum atomic E-state index is -0.0170. The first-order valence-electron chi connectivity index (χ1n) is 10.7. The highest BCUT2D eigenvalue weighted by Crippen LogP contribution is 2.30. The van der Waals surface area contributed by atoms with Crippen molar-refractivity contribution >= 4 is 39.7 Å². The largest absolute Gasteiger partial charge is 0.499 e. The van der Waals surface area contributed by atoms with E-state index in [1.54, 1.807) is 13.4 Å². The average molecular weight is 486 g/mol. The number of hydrogen-bond donors (Lipinski definition) is 2. The summed E-state index contributed by atoms with van der Waals surface area (Å²) in [5.41, 5.74) is 2.99. The number of piperidine rings is 1. The highest BCUT2D eigenvalue weighted by atomic mass is 79.9. The molecule has 1 atom stereocenters. The number of benzene rings is 1. The number of nitrogens with zero attached hydrogens (tertiary/aromatic N) is 3. The number of aliphatic imine (C=N–C) groups is 2. The standard InChI is InChI=1S/C23H28BrN5O2/c1-3-22(30)29-9-7-16(8-10-29)27-20-12-18-19(13-21(20)31-2)25-14-26-23(18)28-17-6-4-5-15(24)11-17/h4-6,11-12,14,16,19,27H,3,7-10,13H2,1-2H3,(H,25,26,28). The maximum atomic E-state index is 12.0. The van der Waals surface area contributed by atoms with Gasteiger partial charge in [-0.3, -0.25) is 9.79 Å². The van der Waals surface area contributed by atoms with Gasteiger partial charge in [0.15, 0.2) is 0 Å². The van der Waals surface area contributed by atoms with E-state index in [2.05, 4.69) is 42.6 Å². The van der Waals surface area contributed by atoms with E-state index in [1.807, 2.05) is 36.1 Å². The van der Waals surface area contributed by atoms with Crippen molar-refractivity contribution in [2.75, 3.05) is 25.5 Å². The molecule has 0 bridgehead atoms. The number of fused-ring (bicyclic) bond motifs is 1. The number of amides is 1. The van der Waals surface area contributed by atoms with Crippen molar-refractivity contribution in [3.05, 3.63) is 51.8 Å². The molecule has 4 rings (SSSR count). The Kier molecular flexibility index (Phi) is 6.75. The minimum Gasteiger partial charge on any atom is -0.499 e. The molecule has 1 aromatic carbocycles. The fourth-order valence-corrected chi connectivity index (χ4v) is 4.57. The number of carbonyl (C=O) groups excluding carboxylic acids is 1. The number of ether oxygens (including phenoxy) is 1. The van der Waals surface area contributed by atoms with E-state index >= 15 is 0 Å². The maximum Gasteiger partial charge on any atom is 0.222 e. The van der Waals surface area contributed by atoms with Crippen molar-refractivity contribution in [2.24, 2.45) is 9.98 Å². The third-order valence-electron chi connectivity index (χ3n) is 5.89. The number of methoxy groups -OCH3 is 1. The van der Waals surface area contributed by atoms with Crippen molar-refractivity contribution in [1.82, 2.24) is 10.2 Å². The zero-order valence-corrected chi connectivity index (χ0v) is 19.5. The molecular weight excluding hydrogens is 458 g/mol. The number of carbonyl (C=O) groups is 1. The summed E-state index contributed by atoms with van der Waals surface area (Å²) in [4.78, 5) is 23.0. The van der Waals surface area contributed by atoms with E-state index in [0.717, 1.165) is 59.0 Å². The summed E-state index contributed by atoms with van der Waals surface area (Å²) in [5, 5.41) is 7.09. The summed E-state index contributed by atoms with van der Waals surface area (Å²) in [6.07, 6.45) is 6.83. The quantitative estimate of drug-likeness (QED) is 0.663. The lowest BCUT2D eigenvalue weighted by atomic mass is 9.93. The van der Waals surface area contributed by atoms with Crippen LogP contribution in [0.15, 0.2) is 61.8 Å². The van der Waals surface area contributed by atoms with Gasteiger partial charge in [-0.15, -0.1) is 0 Å². The van der Waals surface area contributed by atoms with Crippen LogP contribution in [0.2, 0.25) is 0 Å². The number of rotatable bonds is 5. The lowest BCUT2D eigenvalue weighted by molar-refractivity contribution is -0.131. The summed E-state index contributed by atoms with van der Waals surface area (Å²) in [6.45, 7) is 3.50. The van der Waals surface area contributed by atoms with Gasteiger partial charge in [0.05, 0.1) is 18.8 Å². The van der Waals surface area contributed by atoms with Crippen LogP contribution in [-0.2, 0) is 9.53 Å². The second kappa shape index (κ2) is 9.68. The predicted octanol–water partition coefficient (Wildman–Crippen LogP) is 3.85. The Morgan fingerprint density at radius 3 is 2.84 bits per heavy atom. The van der Waals surface area contributed by atoms with Crippen LogP contribution in [0, 0.1) is 0 Å². The van der Waals surface area contributed by atoms with Gasteiger partial charge in [0.1, 0.15) is 17.9 Å². The molecule has 1 aliphatic carbocycles. The molecular formula is C23H28BrN5O2. The molecule has 164 valence electrons. The highest BCUT2D eigenvalue weighted by Gasteiger charge is 2.30. The molecule has 1 amide bonds. The highest BCUT2D eigenvalue weighted by molar-refractivity contribution is 9.10.